The zero-order valence-corrected chi connectivity index (χ0v) is 15.5. The molecule has 3 aromatic carbocycles. The second kappa shape index (κ2) is 6.89. The summed E-state index contributed by atoms with van der Waals surface area (Å²) >= 11 is 3.32. The Morgan fingerprint density at radius 1 is 0.692 bits per heavy atom. The lowest BCUT2D eigenvalue weighted by Crippen LogP contribution is -2.38. The zero-order valence-electron chi connectivity index (χ0n) is 13.9. The van der Waals surface area contributed by atoms with Gasteiger partial charge in [0.05, 0.1) is 0 Å². The third-order valence-corrected chi connectivity index (χ3v) is 4.95. The molecule has 0 aliphatic carbocycles. The molecule has 0 N–H and O–H groups in total. The average molecular weight is 407 g/mol. The Kier molecular flexibility index (Phi) is 4.43. The maximum absolute atomic E-state index is 15.0. The van der Waals surface area contributed by atoms with Crippen LogP contribution in [0, 0.1) is 6.08 Å². The van der Waals surface area contributed by atoms with E-state index in [2.05, 4.69) is 20.9 Å². The van der Waals surface area contributed by atoms with Crippen LogP contribution in [0.5, 0.6) is 0 Å². The molecule has 128 valence electrons. The molecular formula is C22H16BrFN2. The lowest BCUT2D eigenvalue weighted by molar-refractivity contribution is 0.397. The third kappa shape index (κ3) is 2.67. The van der Waals surface area contributed by atoms with Crippen LogP contribution in [-0.4, -0.2) is 9.55 Å². The van der Waals surface area contributed by atoms with Crippen LogP contribution in [-0.2, 0) is 5.54 Å². The number of hydrogen-bond donors (Lipinski definition) is 0. The van der Waals surface area contributed by atoms with Crippen molar-refractivity contribution in [2.45, 2.75) is 5.54 Å². The number of rotatable bonds is 4. The second-order valence-electron chi connectivity index (χ2n) is 6.01. The molecule has 0 amide bonds. The molecule has 1 heterocycles. The number of benzene rings is 3. The summed E-state index contributed by atoms with van der Waals surface area (Å²) in [7, 11) is 0. The molecule has 26 heavy (non-hydrogen) atoms. The molecule has 0 fully saturated rings. The van der Waals surface area contributed by atoms with E-state index in [-0.39, 0.29) is 0 Å². The molecule has 0 atom stereocenters. The Bertz CT molecular complexity index is 902. The van der Waals surface area contributed by atoms with E-state index in [0.29, 0.717) is 4.60 Å². The molecule has 4 aromatic rings. The van der Waals surface area contributed by atoms with Gasteiger partial charge in [-0.15, -0.1) is 0 Å². The number of halogens is 2. The van der Waals surface area contributed by atoms with Crippen LogP contribution in [0.15, 0.2) is 102 Å². The summed E-state index contributed by atoms with van der Waals surface area (Å²) in [4.78, 5) is 3.97. The van der Waals surface area contributed by atoms with Gasteiger partial charge in [-0.05, 0) is 32.6 Å². The van der Waals surface area contributed by atoms with Gasteiger partial charge in [0, 0.05) is 6.20 Å². The SMILES string of the molecule is Fc1nc(Br)cn1C(c1ccccc1)(c1ccccc1)c1ccccc1. The van der Waals surface area contributed by atoms with Crippen LogP contribution in [0.2, 0.25) is 0 Å². The van der Waals surface area contributed by atoms with E-state index in [4.69, 9.17) is 0 Å². The van der Waals surface area contributed by atoms with E-state index in [1.807, 2.05) is 91.0 Å². The van der Waals surface area contributed by atoms with Crippen LogP contribution >= 0.6 is 15.9 Å². The van der Waals surface area contributed by atoms with Gasteiger partial charge in [-0.3, -0.25) is 4.57 Å². The minimum atomic E-state index is -0.868. The van der Waals surface area contributed by atoms with E-state index in [1.54, 1.807) is 10.8 Å². The zero-order chi connectivity index (χ0) is 18.0. The number of nitrogens with zero attached hydrogens (tertiary/aromatic N) is 2. The molecule has 0 aliphatic heterocycles. The summed E-state index contributed by atoms with van der Waals surface area (Å²) in [6, 6.07) is 29.8. The van der Waals surface area contributed by atoms with Crippen molar-refractivity contribution in [2.24, 2.45) is 0 Å². The van der Waals surface area contributed by atoms with Gasteiger partial charge < -0.3 is 0 Å². The van der Waals surface area contributed by atoms with Gasteiger partial charge in [0.2, 0.25) is 0 Å². The molecule has 0 unspecified atom stereocenters. The lowest BCUT2D eigenvalue weighted by atomic mass is 9.77. The van der Waals surface area contributed by atoms with Crippen LogP contribution in [0.1, 0.15) is 16.7 Å². The topological polar surface area (TPSA) is 17.8 Å². The van der Waals surface area contributed by atoms with Crippen molar-refractivity contribution in [3.8, 4) is 0 Å². The molecule has 4 rings (SSSR count). The van der Waals surface area contributed by atoms with Crippen LogP contribution in [0.25, 0.3) is 0 Å². The first-order chi connectivity index (χ1) is 12.7. The standard InChI is InChI=1S/C22H16BrFN2/c23-20-16-26(21(24)25-20)22(17-10-4-1-5-11-17,18-12-6-2-7-13-18)19-14-8-3-9-15-19/h1-16H. The van der Waals surface area contributed by atoms with Gasteiger partial charge >= 0.3 is 0 Å². The molecule has 2 nitrogen and oxygen atoms in total. The number of imidazole rings is 1. The predicted octanol–water partition coefficient (Wildman–Crippen LogP) is 5.62. The molecule has 4 heteroatoms. The fourth-order valence-corrected chi connectivity index (χ4v) is 3.87. The van der Waals surface area contributed by atoms with Gasteiger partial charge in [-0.1, -0.05) is 91.0 Å². The fourth-order valence-electron chi connectivity index (χ4n) is 3.52. The second-order valence-corrected chi connectivity index (χ2v) is 6.82. The Labute approximate surface area is 160 Å². The normalized spacial score (nSPS) is 11.5. The van der Waals surface area contributed by atoms with Crippen molar-refractivity contribution < 1.29 is 4.39 Å². The maximum atomic E-state index is 15.0. The summed E-state index contributed by atoms with van der Waals surface area (Å²) in [6.45, 7) is 0. The predicted molar refractivity (Wildman–Crippen MR) is 104 cm³/mol. The summed E-state index contributed by atoms with van der Waals surface area (Å²) in [6.07, 6.45) is 1.15. The molecule has 0 saturated carbocycles. The van der Waals surface area contributed by atoms with Crippen molar-refractivity contribution in [3.63, 3.8) is 0 Å². The van der Waals surface area contributed by atoms with E-state index >= 15 is 0 Å². The van der Waals surface area contributed by atoms with Gasteiger partial charge in [-0.25, -0.2) is 0 Å². The van der Waals surface area contributed by atoms with Gasteiger partial charge in [0.1, 0.15) is 10.1 Å². The highest BCUT2D eigenvalue weighted by Gasteiger charge is 2.40. The van der Waals surface area contributed by atoms with Gasteiger partial charge in [0.15, 0.2) is 0 Å². The largest absolute Gasteiger partial charge is 0.291 e. The molecule has 0 radical (unpaired) electrons. The average Bonchev–Trinajstić information content (AvgIpc) is 3.03. The van der Waals surface area contributed by atoms with Crippen LogP contribution in [0.3, 0.4) is 0 Å². The first-order valence-electron chi connectivity index (χ1n) is 8.30. The van der Waals surface area contributed by atoms with Crippen molar-refractivity contribution in [1.82, 2.24) is 9.55 Å². The Hall–Kier alpha value is -2.72. The van der Waals surface area contributed by atoms with Crippen LogP contribution < -0.4 is 0 Å². The number of hydrogen-bond acceptors (Lipinski definition) is 1. The Balaban J connectivity index is 2.16. The summed E-state index contributed by atoms with van der Waals surface area (Å²) in [5.74, 6) is 0. The Morgan fingerprint density at radius 3 is 1.38 bits per heavy atom. The first-order valence-corrected chi connectivity index (χ1v) is 9.09. The maximum Gasteiger partial charge on any atom is 0.291 e. The quantitative estimate of drug-likeness (QED) is 0.401. The Morgan fingerprint density at radius 2 is 1.08 bits per heavy atom. The summed E-state index contributed by atoms with van der Waals surface area (Å²) < 4.78 is 17.0. The van der Waals surface area contributed by atoms with Crippen molar-refractivity contribution in [1.29, 1.82) is 0 Å². The highest BCUT2D eigenvalue weighted by molar-refractivity contribution is 9.10. The molecule has 0 bridgehead atoms. The molecule has 0 spiro atoms. The van der Waals surface area contributed by atoms with Crippen molar-refractivity contribution in [3.05, 3.63) is 125 Å². The summed E-state index contributed by atoms with van der Waals surface area (Å²) in [5, 5.41) is 0. The smallest absolute Gasteiger partial charge is 0.288 e. The first kappa shape index (κ1) is 16.7. The van der Waals surface area contributed by atoms with E-state index in [0.717, 1.165) is 16.7 Å². The van der Waals surface area contributed by atoms with Gasteiger partial charge in [0.25, 0.3) is 6.08 Å². The monoisotopic (exact) mass is 406 g/mol. The highest BCUT2D eigenvalue weighted by Crippen LogP contribution is 2.41. The highest BCUT2D eigenvalue weighted by atomic mass is 79.9. The van der Waals surface area contributed by atoms with Crippen molar-refractivity contribution in [2.75, 3.05) is 0 Å². The molecular weight excluding hydrogens is 391 g/mol. The van der Waals surface area contributed by atoms with E-state index in [9.17, 15) is 4.39 Å². The van der Waals surface area contributed by atoms with Crippen molar-refractivity contribution >= 4 is 15.9 Å². The van der Waals surface area contributed by atoms with Crippen LogP contribution in [0.4, 0.5) is 4.39 Å². The fraction of sp³-hybridized carbons (Fsp3) is 0.0455. The third-order valence-electron chi connectivity index (χ3n) is 4.57. The summed E-state index contributed by atoms with van der Waals surface area (Å²) in [5.41, 5.74) is 2.01. The van der Waals surface area contributed by atoms with E-state index < -0.39 is 11.6 Å². The lowest BCUT2D eigenvalue weighted by Gasteiger charge is -2.37. The van der Waals surface area contributed by atoms with E-state index in [1.165, 1.54) is 0 Å². The molecule has 0 aliphatic rings. The minimum absolute atomic E-state index is 0.460. The van der Waals surface area contributed by atoms with Gasteiger partial charge in [-0.2, -0.15) is 9.37 Å². The minimum Gasteiger partial charge on any atom is -0.288 e. The molecule has 1 aromatic heterocycles. The number of aromatic nitrogens is 2. The molecule has 0 saturated heterocycles.